The summed E-state index contributed by atoms with van der Waals surface area (Å²) >= 11 is 1.71. The molecule has 0 radical (unpaired) electrons. The first-order chi connectivity index (χ1) is 14.5. The molecule has 2 aromatic rings. The summed E-state index contributed by atoms with van der Waals surface area (Å²) in [5.74, 6) is -0.265. The fraction of sp³-hybridized carbons (Fsp3) is 0.571. The van der Waals surface area contributed by atoms with Crippen LogP contribution in [0.3, 0.4) is 0 Å². The van der Waals surface area contributed by atoms with Crippen LogP contribution in [0.2, 0.25) is 0 Å². The van der Waals surface area contributed by atoms with E-state index in [-0.39, 0.29) is 24.3 Å². The monoisotopic (exact) mass is 470 g/mol. The van der Waals surface area contributed by atoms with Gasteiger partial charge in [0.2, 0.25) is 0 Å². The van der Waals surface area contributed by atoms with Crippen LogP contribution in [-0.2, 0) is 10.5 Å². The van der Waals surface area contributed by atoms with E-state index >= 15 is 0 Å². The summed E-state index contributed by atoms with van der Waals surface area (Å²) in [6, 6.07) is 3.51. The van der Waals surface area contributed by atoms with Crippen LogP contribution in [0.4, 0.5) is 10.1 Å². The molecule has 1 saturated heterocycles. The number of aromatic nitrogens is 2. The Bertz CT molecular complexity index is 975. The molecular weight excluding hydrogens is 443 g/mol. The lowest BCUT2D eigenvalue weighted by Gasteiger charge is -2.30. The summed E-state index contributed by atoms with van der Waals surface area (Å²) < 4.78 is 14.6. The second-order valence-corrected chi connectivity index (χ2v) is 9.46. The number of hydrogen-bond donors (Lipinski definition) is 3. The van der Waals surface area contributed by atoms with Crippen LogP contribution >= 0.6 is 24.2 Å². The van der Waals surface area contributed by atoms with Crippen LogP contribution in [0.1, 0.15) is 44.3 Å². The summed E-state index contributed by atoms with van der Waals surface area (Å²) in [5.41, 5.74) is 0.609. The predicted octanol–water partition coefficient (Wildman–Crippen LogP) is 3.62. The first-order valence-electron chi connectivity index (χ1n) is 10.5. The number of benzene rings is 1. The largest absolute Gasteiger partial charge is 0.480 e. The van der Waals surface area contributed by atoms with Gasteiger partial charge in [0.25, 0.3) is 5.56 Å². The number of rotatable bonds is 7. The normalized spacial score (nSPS) is 18.2. The van der Waals surface area contributed by atoms with Crippen molar-refractivity contribution in [1.29, 1.82) is 0 Å². The average Bonchev–Trinajstić information content (AvgIpc) is 3.19. The third kappa shape index (κ3) is 6.11. The van der Waals surface area contributed by atoms with Crippen LogP contribution < -0.4 is 10.9 Å². The molecule has 2 heterocycles. The highest BCUT2D eigenvalue weighted by Crippen LogP contribution is 2.27. The second kappa shape index (κ2) is 10.7. The molecule has 3 N–H and O–H groups in total. The zero-order chi connectivity index (χ0) is 21.1. The van der Waals surface area contributed by atoms with E-state index in [0.29, 0.717) is 34.1 Å². The molecule has 1 aliphatic heterocycles. The van der Waals surface area contributed by atoms with E-state index in [4.69, 9.17) is 5.11 Å². The van der Waals surface area contributed by atoms with E-state index in [1.54, 1.807) is 17.8 Å². The number of fused-ring (bicyclic) bond motifs is 1. The van der Waals surface area contributed by atoms with Gasteiger partial charge in [-0.3, -0.25) is 14.5 Å². The molecule has 1 aromatic heterocycles. The molecule has 2 fully saturated rings. The highest BCUT2D eigenvalue weighted by Gasteiger charge is 2.22. The van der Waals surface area contributed by atoms with Crippen LogP contribution in [0, 0.1) is 5.82 Å². The van der Waals surface area contributed by atoms with Crippen molar-refractivity contribution < 1.29 is 14.3 Å². The Morgan fingerprint density at radius 1 is 1.26 bits per heavy atom. The van der Waals surface area contributed by atoms with Gasteiger partial charge in [0.05, 0.1) is 17.8 Å². The van der Waals surface area contributed by atoms with E-state index in [0.717, 1.165) is 38.8 Å². The van der Waals surface area contributed by atoms with Crippen molar-refractivity contribution in [1.82, 2.24) is 14.9 Å². The molecule has 2 aliphatic rings. The SMILES string of the molecule is Cl.O=C(O)CN1CCC(SCc2nc3cc(NC4CCCC4)cc(F)c3c(=O)[nH]2)CC1. The highest BCUT2D eigenvalue weighted by molar-refractivity contribution is 7.99. The first-order valence-corrected chi connectivity index (χ1v) is 11.6. The number of H-pyrrole nitrogens is 1. The minimum atomic E-state index is -0.798. The van der Waals surface area contributed by atoms with Gasteiger partial charge in [0.15, 0.2) is 0 Å². The number of aliphatic carboxylic acids is 1. The Morgan fingerprint density at radius 2 is 1.97 bits per heavy atom. The van der Waals surface area contributed by atoms with E-state index < -0.39 is 17.3 Å². The van der Waals surface area contributed by atoms with Gasteiger partial charge in [-0.2, -0.15) is 11.8 Å². The van der Waals surface area contributed by atoms with Gasteiger partial charge in [0, 0.05) is 17.0 Å². The summed E-state index contributed by atoms with van der Waals surface area (Å²) in [6.07, 6.45) is 6.33. The number of anilines is 1. The lowest BCUT2D eigenvalue weighted by Crippen LogP contribution is -2.38. The van der Waals surface area contributed by atoms with Crippen LogP contribution in [0.5, 0.6) is 0 Å². The second-order valence-electron chi connectivity index (χ2n) is 8.17. The van der Waals surface area contributed by atoms with Crippen molar-refractivity contribution in [3.05, 3.63) is 34.1 Å². The number of carbonyl (C=O) groups is 1. The van der Waals surface area contributed by atoms with Crippen LogP contribution in [-0.4, -0.2) is 56.9 Å². The zero-order valence-corrected chi connectivity index (χ0v) is 18.9. The number of hydrogen-bond acceptors (Lipinski definition) is 6. The van der Waals surface area contributed by atoms with Crippen molar-refractivity contribution in [3.63, 3.8) is 0 Å². The molecule has 31 heavy (non-hydrogen) atoms. The van der Waals surface area contributed by atoms with Crippen LogP contribution in [0.25, 0.3) is 10.9 Å². The Balaban J connectivity index is 0.00000272. The van der Waals surface area contributed by atoms with Gasteiger partial charge in [0.1, 0.15) is 17.0 Å². The number of carboxylic acids is 1. The smallest absolute Gasteiger partial charge is 0.317 e. The molecule has 1 aliphatic carbocycles. The standard InChI is InChI=1S/C21H27FN4O3S.ClH/c22-16-9-14(23-13-3-1-2-4-13)10-17-20(16)21(29)25-18(24-17)12-30-15-5-7-26(8-6-15)11-19(27)28;/h9-10,13,15,23H,1-8,11-12H2,(H,27,28)(H,24,25,29);1H. The number of carboxylic acid groups (broad SMARTS) is 1. The molecule has 4 rings (SSSR count). The maximum Gasteiger partial charge on any atom is 0.317 e. The van der Waals surface area contributed by atoms with Crippen molar-refractivity contribution in [3.8, 4) is 0 Å². The first kappa shape index (κ1) is 23.8. The molecule has 0 spiro atoms. The number of nitrogens with one attached hydrogen (secondary N) is 2. The lowest BCUT2D eigenvalue weighted by atomic mass is 10.1. The van der Waals surface area contributed by atoms with Gasteiger partial charge < -0.3 is 15.4 Å². The average molecular weight is 471 g/mol. The highest BCUT2D eigenvalue weighted by atomic mass is 35.5. The van der Waals surface area contributed by atoms with Crippen molar-refractivity contribution >= 4 is 46.7 Å². The van der Waals surface area contributed by atoms with Gasteiger partial charge in [-0.05, 0) is 50.9 Å². The topological polar surface area (TPSA) is 98.3 Å². The molecule has 10 heteroatoms. The van der Waals surface area contributed by atoms with Crippen molar-refractivity contribution in [2.45, 2.75) is 55.6 Å². The maximum absolute atomic E-state index is 14.6. The summed E-state index contributed by atoms with van der Waals surface area (Å²) in [4.78, 5) is 32.5. The Hall–Kier alpha value is -1.84. The van der Waals surface area contributed by atoms with E-state index in [1.807, 2.05) is 4.90 Å². The molecule has 0 bridgehead atoms. The van der Waals surface area contributed by atoms with Crippen molar-refractivity contribution in [2.75, 3.05) is 25.0 Å². The van der Waals surface area contributed by atoms with Gasteiger partial charge in [-0.1, -0.05) is 12.8 Å². The number of thioether (sulfide) groups is 1. The van der Waals surface area contributed by atoms with E-state index in [1.165, 1.54) is 18.9 Å². The minimum absolute atomic E-state index is 0. The number of aromatic amines is 1. The van der Waals surface area contributed by atoms with Crippen LogP contribution in [0.15, 0.2) is 16.9 Å². The van der Waals surface area contributed by atoms with Gasteiger partial charge >= 0.3 is 5.97 Å². The van der Waals surface area contributed by atoms with Gasteiger partial charge in [-0.15, -0.1) is 12.4 Å². The molecular formula is C21H28ClFN4O3S. The Morgan fingerprint density at radius 3 is 2.65 bits per heavy atom. The predicted molar refractivity (Wildman–Crippen MR) is 124 cm³/mol. The number of piperidine rings is 1. The third-order valence-corrected chi connectivity index (χ3v) is 7.27. The zero-order valence-electron chi connectivity index (χ0n) is 17.2. The molecule has 7 nitrogen and oxygen atoms in total. The summed E-state index contributed by atoms with van der Waals surface area (Å²) in [5, 5.41) is 12.7. The maximum atomic E-state index is 14.6. The molecule has 170 valence electrons. The molecule has 1 aromatic carbocycles. The molecule has 1 saturated carbocycles. The number of nitrogens with zero attached hydrogens (tertiary/aromatic N) is 2. The third-order valence-electron chi connectivity index (χ3n) is 5.88. The fourth-order valence-electron chi connectivity index (χ4n) is 4.35. The fourth-order valence-corrected chi connectivity index (χ4v) is 5.43. The van der Waals surface area contributed by atoms with Gasteiger partial charge in [-0.25, -0.2) is 9.37 Å². The number of likely N-dealkylation sites (tertiary alicyclic amines) is 1. The van der Waals surface area contributed by atoms with E-state index in [9.17, 15) is 14.0 Å². The minimum Gasteiger partial charge on any atom is -0.480 e. The molecule has 0 atom stereocenters. The lowest BCUT2D eigenvalue weighted by molar-refractivity contribution is -0.138. The number of halogens is 2. The summed E-state index contributed by atoms with van der Waals surface area (Å²) in [6.45, 7) is 1.60. The quantitative estimate of drug-likeness (QED) is 0.568. The summed E-state index contributed by atoms with van der Waals surface area (Å²) in [7, 11) is 0. The van der Waals surface area contributed by atoms with Crippen molar-refractivity contribution in [2.24, 2.45) is 0 Å². The molecule has 0 amide bonds. The molecule has 0 unspecified atom stereocenters. The Kier molecular flexibility index (Phi) is 8.18. The van der Waals surface area contributed by atoms with E-state index in [2.05, 4.69) is 15.3 Å². The Labute approximate surface area is 190 Å².